The van der Waals surface area contributed by atoms with Crippen LogP contribution in [-0.4, -0.2) is 41.2 Å². The normalized spacial score (nSPS) is 23.2. The van der Waals surface area contributed by atoms with Crippen molar-refractivity contribution in [2.45, 2.75) is 51.7 Å². The van der Waals surface area contributed by atoms with Crippen LogP contribution >= 0.6 is 0 Å². The molecule has 0 N–H and O–H groups in total. The molecule has 0 bridgehead atoms. The van der Waals surface area contributed by atoms with Gasteiger partial charge in [-0.3, -0.25) is 0 Å². The molecule has 3 atom stereocenters. The van der Waals surface area contributed by atoms with E-state index in [1.165, 1.54) is 0 Å². The summed E-state index contributed by atoms with van der Waals surface area (Å²) >= 11 is 0. The molecule has 120 valence electrons. The Morgan fingerprint density at radius 1 is 1.23 bits per heavy atom. The van der Waals surface area contributed by atoms with Crippen molar-refractivity contribution in [3.8, 4) is 0 Å². The molecule has 1 aromatic rings. The molecule has 1 aromatic carbocycles. The summed E-state index contributed by atoms with van der Waals surface area (Å²) in [6, 6.07) is 10.2. The largest absolute Gasteiger partial charge is 0.323 e. The lowest BCUT2D eigenvalue weighted by Gasteiger charge is -2.33. The van der Waals surface area contributed by atoms with Gasteiger partial charge in [-0.1, -0.05) is 44.2 Å². The standard InChI is InChI=1S/C18H26N2O2/c1-13(2)12-16(10-11-21)20-17(14(3)19(4)18(20)22)15-8-6-5-7-9-15/h5-9,11,13-14,16-17H,10,12H2,1-4H3/t14-,16+,17-/m0/s1. The maximum absolute atomic E-state index is 12.7. The van der Waals surface area contributed by atoms with E-state index in [4.69, 9.17) is 0 Å². The molecule has 0 saturated carbocycles. The monoisotopic (exact) mass is 302 g/mol. The minimum Gasteiger partial charge on any atom is -0.323 e. The van der Waals surface area contributed by atoms with E-state index in [0.29, 0.717) is 12.3 Å². The fourth-order valence-corrected chi connectivity index (χ4v) is 3.37. The van der Waals surface area contributed by atoms with Gasteiger partial charge in [-0.15, -0.1) is 0 Å². The van der Waals surface area contributed by atoms with Crippen LogP contribution in [0.1, 0.15) is 45.2 Å². The predicted molar refractivity (Wildman–Crippen MR) is 87.6 cm³/mol. The zero-order chi connectivity index (χ0) is 16.3. The lowest BCUT2D eigenvalue weighted by atomic mass is 9.95. The zero-order valence-corrected chi connectivity index (χ0v) is 13.9. The van der Waals surface area contributed by atoms with Crippen LogP contribution in [0, 0.1) is 5.92 Å². The molecule has 1 aliphatic heterocycles. The highest BCUT2D eigenvalue weighted by Gasteiger charge is 2.45. The summed E-state index contributed by atoms with van der Waals surface area (Å²) < 4.78 is 0. The molecule has 0 aliphatic carbocycles. The molecule has 1 saturated heterocycles. The Hall–Kier alpha value is -1.84. The Balaban J connectivity index is 2.39. The van der Waals surface area contributed by atoms with Crippen LogP contribution < -0.4 is 0 Å². The summed E-state index contributed by atoms with van der Waals surface area (Å²) in [6.07, 6.45) is 2.17. The van der Waals surface area contributed by atoms with Gasteiger partial charge >= 0.3 is 6.03 Å². The van der Waals surface area contributed by atoms with Crippen LogP contribution in [-0.2, 0) is 4.79 Å². The third-order valence-electron chi connectivity index (χ3n) is 4.54. The molecule has 0 spiro atoms. The molecule has 4 nitrogen and oxygen atoms in total. The number of hydrogen-bond acceptors (Lipinski definition) is 2. The first-order valence-corrected chi connectivity index (χ1v) is 8.01. The first kappa shape index (κ1) is 16.5. The van der Waals surface area contributed by atoms with Gasteiger partial charge in [0.25, 0.3) is 0 Å². The minimum absolute atomic E-state index is 0.00222. The van der Waals surface area contributed by atoms with Crippen molar-refractivity contribution in [3.63, 3.8) is 0 Å². The molecule has 1 fully saturated rings. The number of hydrogen-bond donors (Lipinski definition) is 0. The van der Waals surface area contributed by atoms with E-state index >= 15 is 0 Å². The number of carbonyl (C=O) groups is 2. The van der Waals surface area contributed by atoms with Crippen LogP contribution in [0.2, 0.25) is 0 Å². The van der Waals surface area contributed by atoms with Crippen molar-refractivity contribution < 1.29 is 9.59 Å². The van der Waals surface area contributed by atoms with Crippen molar-refractivity contribution in [3.05, 3.63) is 35.9 Å². The molecule has 1 aliphatic rings. The third-order valence-corrected chi connectivity index (χ3v) is 4.54. The molecular formula is C18H26N2O2. The van der Waals surface area contributed by atoms with Gasteiger partial charge in [0.05, 0.1) is 12.1 Å². The van der Waals surface area contributed by atoms with Crippen molar-refractivity contribution in [2.24, 2.45) is 5.92 Å². The molecule has 2 rings (SSSR count). The highest BCUT2D eigenvalue weighted by Crippen LogP contribution is 2.37. The molecule has 0 radical (unpaired) electrons. The Kier molecular flexibility index (Phi) is 5.22. The quantitative estimate of drug-likeness (QED) is 0.755. The van der Waals surface area contributed by atoms with Gasteiger partial charge in [0.15, 0.2) is 0 Å². The Morgan fingerprint density at radius 3 is 2.41 bits per heavy atom. The Labute approximate surface area is 133 Å². The fourth-order valence-electron chi connectivity index (χ4n) is 3.37. The zero-order valence-electron chi connectivity index (χ0n) is 13.9. The van der Waals surface area contributed by atoms with Gasteiger partial charge < -0.3 is 14.6 Å². The second-order valence-electron chi connectivity index (χ2n) is 6.58. The van der Waals surface area contributed by atoms with Crippen molar-refractivity contribution >= 4 is 12.3 Å². The highest BCUT2D eigenvalue weighted by atomic mass is 16.2. The van der Waals surface area contributed by atoms with E-state index in [0.717, 1.165) is 18.3 Å². The van der Waals surface area contributed by atoms with E-state index < -0.39 is 0 Å². The van der Waals surface area contributed by atoms with E-state index in [1.54, 1.807) is 4.90 Å². The third kappa shape index (κ3) is 3.16. The van der Waals surface area contributed by atoms with Crippen LogP contribution in [0.3, 0.4) is 0 Å². The SMILES string of the molecule is CC(C)C[C@@H](CC=O)N1C(=O)N(C)[C@@H](C)[C@H]1c1ccccc1. The Morgan fingerprint density at radius 2 is 1.86 bits per heavy atom. The number of benzene rings is 1. The topological polar surface area (TPSA) is 40.6 Å². The van der Waals surface area contributed by atoms with Gasteiger partial charge in [0.1, 0.15) is 6.29 Å². The van der Waals surface area contributed by atoms with Crippen molar-refractivity contribution in [1.82, 2.24) is 9.80 Å². The van der Waals surface area contributed by atoms with Crippen LogP contribution in [0.25, 0.3) is 0 Å². The first-order chi connectivity index (χ1) is 10.5. The Bertz CT molecular complexity index is 515. The predicted octanol–water partition coefficient (Wildman–Crippen LogP) is 3.49. The van der Waals surface area contributed by atoms with Crippen LogP contribution in [0.5, 0.6) is 0 Å². The lowest BCUT2D eigenvalue weighted by Crippen LogP contribution is -2.40. The van der Waals surface area contributed by atoms with E-state index in [2.05, 4.69) is 32.9 Å². The number of carbonyl (C=O) groups excluding carboxylic acids is 2. The van der Waals surface area contributed by atoms with E-state index in [9.17, 15) is 9.59 Å². The molecule has 2 amide bonds. The number of amides is 2. The van der Waals surface area contributed by atoms with Gasteiger partial charge in [-0.2, -0.15) is 0 Å². The molecule has 0 unspecified atom stereocenters. The van der Waals surface area contributed by atoms with E-state index in [-0.39, 0.29) is 24.2 Å². The van der Waals surface area contributed by atoms with Crippen molar-refractivity contribution in [1.29, 1.82) is 0 Å². The second kappa shape index (κ2) is 6.95. The first-order valence-electron chi connectivity index (χ1n) is 8.01. The number of rotatable bonds is 6. The number of urea groups is 1. The van der Waals surface area contributed by atoms with Crippen molar-refractivity contribution in [2.75, 3.05) is 7.05 Å². The summed E-state index contributed by atoms with van der Waals surface area (Å²) in [5.41, 5.74) is 1.13. The van der Waals surface area contributed by atoms with E-state index in [1.807, 2.05) is 30.1 Å². The summed E-state index contributed by atoms with van der Waals surface area (Å²) in [6.45, 7) is 6.33. The summed E-state index contributed by atoms with van der Waals surface area (Å²) in [5, 5.41) is 0. The lowest BCUT2D eigenvalue weighted by molar-refractivity contribution is -0.108. The maximum Gasteiger partial charge on any atom is 0.320 e. The highest BCUT2D eigenvalue weighted by molar-refractivity contribution is 5.78. The molecular weight excluding hydrogens is 276 g/mol. The van der Waals surface area contributed by atoms with Gasteiger partial charge in [-0.25, -0.2) is 4.79 Å². The van der Waals surface area contributed by atoms with Gasteiger partial charge in [0.2, 0.25) is 0 Å². The summed E-state index contributed by atoms with van der Waals surface area (Å²) in [7, 11) is 1.84. The van der Waals surface area contributed by atoms with Gasteiger partial charge in [0, 0.05) is 19.5 Å². The average Bonchev–Trinajstić information content (AvgIpc) is 2.71. The second-order valence-corrected chi connectivity index (χ2v) is 6.58. The number of nitrogens with zero attached hydrogens (tertiary/aromatic N) is 2. The van der Waals surface area contributed by atoms with Crippen LogP contribution in [0.4, 0.5) is 4.79 Å². The summed E-state index contributed by atoms with van der Waals surface area (Å²) in [4.78, 5) is 27.6. The number of likely N-dealkylation sites (N-methyl/N-ethyl adjacent to an activating group) is 1. The maximum atomic E-state index is 12.7. The molecule has 4 heteroatoms. The molecule has 22 heavy (non-hydrogen) atoms. The average molecular weight is 302 g/mol. The summed E-state index contributed by atoms with van der Waals surface area (Å²) in [5.74, 6) is 0.440. The fraction of sp³-hybridized carbons (Fsp3) is 0.556. The smallest absolute Gasteiger partial charge is 0.320 e. The number of aldehydes is 1. The van der Waals surface area contributed by atoms with Gasteiger partial charge in [-0.05, 0) is 24.8 Å². The molecule has 0 aromatic heterocycles. The van der Waals surface area contributed by atoms with Crippen LogP contribution in [0.15, 0.2) is 30.3 Å². The molecule has 1 heterocycles. The minimum atomic E-state index is -0.0393.